The van der Waals surface area contributed by atoms with Crippen LogP contribution in [-0.4, -0.2) is 92.5 Å². The quantitative estimate of drug-likeness (QED) is 0.576. The second-order valence-electron chi connectivity index (χ2n) is 8.26. The third-order valence-electron chi connectivity index (χ3n) is 6.14. The first-order valence-corrected chi connectivity index (χ1v) is 11.5. The highest BCUT2D eigenvalue weighted by Crippen LogP contribution is 2.24. The van der Waals surface area contributed by atoms with E-state index in [0.29, 0.717) is 48.5 Å². The number of benzene rings is 1. The molecular weight excluding hydrogens is 457 g/mol. The number of halogens is 3. The predicted octanol–water partition coefficient (Wildman–Crippen LogP) is 2.34. The molecule has 2 amide bonds. The molecule has 0 unspecified atom stereocenters. The Labute approximate surface area is 191 Å². The fraction of sp³-hybridized carbons (Fsp3) is 0.429. The molecule has 0 atom stereocenters. The summed E-state index contributed by atoms with van der Waals surface area (Å²) in [6, 6.07) is 4.84. The molecular formula is C21H21F3N6O2S. The van der Waals surface area contributed by atoms with Crippen molar-refractivity contribution in [3.63, 3.8) is 0 Å². The van der Waals surface area contributed by atoms with Gasteiger partial charge in [0.15, 0.2) is 0 Å². The number of alkyl halides is 3. The average Bonchev–Trinajstić information content (AvgIpc) is 3.42. The monoisotopic (exact) mass is 478 g/mol. The molecule has 3 aromatic rings. The van der Waals surface area contributed by atoms with Crippen LogP contribution >= 0.6 is 11.3 Å². The number of thiazole rings is 1. The van der Waals surface area contributed by atoms with E-state index < -0.39 is 12.7 Å². The predicted molar refractivity (Wildman–Crippen MR) is 115 cm³/mol. The van der Waals surface area contributed by atoms with Crippen LogP contribution in [0.3, 0.4) is 0 Å². The van der Waals surface area contributed by atoms with E-state index in [1.165, 1.54) is 17.4 Å². The number of likely N-dealkylation sites (tertiary alicyclic amines) is 1. The molecule has 0 spiro atoms. The van der Waals surface area contributed by atoms with E-state index in [-0.39, 0.29) is 17.9 Å². The minimum absolute atomic E-state index is 0.0469. The zero-order chi connectivity index (χ0) is 23.2. The van der Waals surface area contributed by atoms with E-state index in [4.69, 9.17) is 0 Å². The van der Waals surface area contributed by atoms with Gasteiger partial charge in [-0.1, -0.05) is 0 Å². The van der Waals surface area contributed by atoms with Crippen LogP contribution in [0, 0.1) is 0 Å². The van der Waals surface area contributed by atoms with Gasteiger partial charge in [0.25, 0.3) is 11.8 Å². The van der Waals surface area contributed by atoms with E-state index in [1.54, 1.807) is 32.8 Å². The molecule has 2 aromatic heterocycles. The lowest BCUT2D eigenvalue weighted by atomic mass is 10.0. The molecule has 0 aliphatic carbocycles. The van der Waals surface area contributed by atoms with Crippen LogP contribution < -0.4 is 0 Å². The van der Waals surface area contributed by atoms with Gasteiger partial charge in [-0.3, -0.25) is 14.5 Å². The number of rotatable bonds is 4. The van der Waals surface area contributed by atoms with Gasteiger partial charge in [0.1, 0.15) is 12.2 Å². The normalized spacial score (nSPS) is 18.0. The largest absolute Gasteiger partial charge is 0.406 e. The molecule has 0 bridgehead atoms. The van der Waals surface area contributed by atoms with Crippen molar-refractivity contribution < 1.29 is 22.8 Å². The number of fused-ring (bicyclic) bond motifs is 1. The fourth-order valence-corrected chi connectivity index (χ4v) is 4.85. The Balaban J connectivity index is 1.15. The maximum Gasteiger partial charge on any atom is 0.406 e. The molecule has 2 saturated heterocycles. The highest BCUT2D eigenvalue weighted by molar-refractivity contribution is 7.07. The number of piperazine rings is 1. The zero-order valence-electron chi connectivity index (χ0n) is 17.5. The summed E-state index contributed by atoms with van der Waals surface area (Å²) in [5.74, 6) is -0.203. The van der Waals surface area contributed by atoms with Crippen molar-refractivity contribution >= 4 is 34.2 Å². The smallest absolute Gasteiger partial charge is 0.335 e. The summed E-state index contributed by atoms with van der Waals surface area (Å²) < 4.78 is 39.1. The van der Waals surface area contributed by atoms with E-state index in [0.717, 1.165) is 24.0 Å². The molecule has 0 saturated carbocycles. The molecule has 0 N–H and O–H groups in total. The van der Waals surface area contributed by atoms with Crippen LogP contribution in [0.15, 0.2) is 35.4 Å². The average molecular weight is 479 g/mol. The Morgan fingerprint density at radius 2 is 1.79 bits per heavy atom. The summed E-state index contributed by atoms with van der Waals surface area (Å²) in [5.41, 5.74) is 3.25. The van der Waals surface area contributed by atoms with Crippen molar-refractivity contribution in [2.75, 3.05) is 39.3 Å². The number of carbonyl (C=O) groups is 2. The first-order chi connectivity index (χ1) is 15.8. The number of amides is 2. The number of imidazole rings is 1. The van der Waals surface area contributed by atoms with Crippen LogP contribution in [0.2, 0.25) is 0 Å². The fourth-order valence-electron chi connectivity index (χ4n) is 4.32. The van der Waals surface area contributed by atoms with Gasteiger partial charge >= 0.3 is 6.18 Å². The van der Waals surface area contributed by atoms with Crippen molar-refractivity contribution in [3.8, 4) is 0 Å². The van der Waals surface area contributed by atoms with Crippen LogP contribution in [-0.2, 0) is 6.54 Å². The number of hydrogen-bond acceptors (Lipinski definition) is 6. The molecule has 174 valence electrons. The van der Waals surface area contributed by atoms with Gasteiger partial charge in [-0.15, -0.1) is 11.3 Å². The van der Waals surface area contributed by atoms with Crippen molar-refractivity contribution in [1.29, 1.82) is 0 Å². The lowest BCUT2D eigenvalue weighted by molar-refractivity contribution is -0.139. The lowest BCUT2D eigenvalue weighted by Crippen LogP contribution is -2.64. The molecule has 2 fully saturated rings. The zero-order valence-corrected chi connectivity index (χ0v) is 18.3. The number of hydrogen-bond donors (Lipinski definition) is 0. The molecule has 5 rings (SSSR count). The SMILES string of the molecule is O=C(c1ccc2c(c1)ncn2CC(F)(F)F)N1CC(N2CCN(C(=O)c3cscn3)CC2)C1. The lowest BCUT2D eigenvalue weighted by Gasteiger charge is -2.48. The third kappa shape index (κ3) is 4.44. The maximum absolute atomic E-state index is 12.8. The summed E-state index contributed by atoms with van der Waals surface area (Å²) in [4.78, 5) is 39.2. The topological polar surface area (TPSA) is 74.6 Å². The van der Waals surface area contributed by atoms with Crippen molar-refractivity contribution in [2.45, 2.75) is 18.8 Å². The first-order valence-electron chi connectivity index (χ1n) is 10.5. The highest BCUT2D eigenvalue weighted by atomic mass is 32.1. The first kappa shape index (κ1) is 21.8. The number of carbonyl (C=O) groups excluding carboxylic acids is 2. The molecule has 1 aromatic carbocycles. The van der Waals surface area contributed by atoms with E-state index in [9.17, 15) is 22.8 Å². The van der Waals surface area contributed by atoms with Gasteiger partial charge in [-0.25, -0.2) is 9.97 Å². The highest BCUT2D eigenvalue weighted by Gasteiger charge is 2.37. The van der Waals surface area contributed by atoms with E-state index >= 15 is 0 Å². The Hall–Kier alpha value is -2.99. The van der Waals surface area contributed by atoms with Crippen LogP contribution in [0.25, 0.3) is 11.0 Å². The second-order valence-corrected chi connectivity index (χ2v) is 8.98. The standard InChI is InChI=1S/C21H21F3N6O2S/c22-21(23,24)11-30-12-25-16-7-14(1-2-18(16)30)19(31)29-8-15(9-29)27-3-5-28(6-4-27)20(32)17-10-33-13-26-17/h1-2,7,10,12-13,15H,3-6,8-9,11H2. The van der Waals surface area contributed by atoms with Crippen molar-refractivity contribution in [3.05, 3.63) is 46.7 Å². The third-order valence-corrected chi connectivity index (χ3v) is 6.72. The molecule has 8 nitrogen and oxygen atoms in total. The van der Waals surface area contributed by atoms with Crippen molar-refractivity contribution in [1.82, 2.24) is 29.2 Å². The minimum Gasteiger partial charge on any atom is -0.335 e. The Morgan fingerprint density at radius 1 is 1.03 bits per heavy atom. The molecule has 33 heavy (non-hydrogen) atoms. The maximum atomic E-state index is 12.8. The van der Waals surface area contributed by atoms with Gasteiger partial charge in [0.2, 0.25) is 0 Å². The van der Waals surface area contributed by atoms with Crippen LogP contribution in [0.4, 0.5) is 13.2 Å². The minimum atomic E-state index is -4.34. The number of nitrogens with zero attached hydrogens (tertiary/aromatic N) is 6. The Morgan fingerprint density at radius 3 is 2.45 bits per heavy atom. The Kier molecular flexibility index (Phi) is 5.57. The Bertz CT molecular complexity index is 1160. The summed E-state index contributed by atoms with van der Waals surface area (Å²) >= 11 is 1.40. The van der Waals surface area contributed by atoms with Gasteiger partial charge in [-0.05, 0) is 18.2 Å². The van der Waals surface area contributed by atoms with Gasteiger partial charge < -0.3 is 14.4 Å². The van der Waals surface area contributed by atoms with Gasteiger partial charge in [-0.2, -0.15) is 13.2 Å². The number of aromatic nitrogens is 3. The van der Waals surface area contributed by atoms with E-state index in [2.05, 4.69) is 14.9 Å². The second kappa shape index (κ2) is 8.41. The molecule has 2 aliphatic rings. The summed E-state index contributed by atoms with van der Waals surface area (Å²) in [6.07, 6.45) is -3.20. The molecule has 2 aliphatic heterocycles. The van der Waals surface area contributed by atoms with Crippen LogP contribution in [0.1, 0.15) is 20.8 Å². The summed E-state index contributed by atoms with van der Waals surface area (Å²) in [5, 5.41) is 1.75. The molecule has 0 radical (unpaired) electrons. The van der Waals surface area contributed by atoms with Gasteiger partial charge in [0.05, 0.1) is 22.9 Å². The van der Waals surface area contributed by atoms with Crippen LogP contribution in [0.5, 0.6) is 0 Å². The molecule has 12 heteroatoms. The van der Waals surface area contributed by atoms with E-state index in [1.807, 2.05) is 0 Å². The van der Waals surface area contributed by atoms with Gasteiger partial charge in [0, 0.05) is 56.3 Å². The molecule has 4 heterocycles. The summed E-state index contributed by atoms with van der Waals surface area (Å²) in [7, 11) is 0. The summed E-state index contributed by atoms with van der Waals surface area (Å²) in [6.45, 7) is 2.78. The van der Waals surface area contributed by atoms with Crippen molar-refractivity contribution in [2.24, 2.45) is 0 Å².